The van der Waals surface area contributed by atoms with E-state index in [4.69, 9.17) is 11.6 Å². The van der Waals surface area contributed by atoms with Crippen LogP contribution in [0.1, 0.15) is 19.3 Å². The summed E-state index contributed by atoms with van der Waals surface area (Å²) in [6, 6.07) is 5.33. The molecular weight excluding hydrogens is 302 g/mol. The van der Waals surface area contributed by atoms with Gasteiger partial charge in [-0.05, 0) is 37.5 Å². The SMILES string of the molecule is O=C(C[NH+]1CCCCC1)Nc1cc(Cl)ccc1-n1cncn1. The van der Waals surface area contributed by atoms with Gasteiger partial charge in [0.2, 0.25) is 0 Å². The van der Waals surface area contributed by atoms with Crippen LogP contribution < -0.4 is 10.2 Å². The van der Waals surface area contributed by atoms with E-state index in [-0.39, 0.29) is 5.91 Å². The molecule has 1 aliphatic rings. The number of nitrogens with zero attached hydrogens (tertiary/aromatic N) is 3. The summed E-state index contributed by atoms with van der Waals surface area (Å²) in [6.45, 7) is 2.63. The van der Waals surface area contributed by atoms with Crippen LogP contribution in [0.3, 0.4) is 0 Å². The molecule has 0 bridgehead atoms. The van der Waals surface area contributed by atoms with E-state index < -0.39 is 0 Å². The Kier molecular flexibility index (Phi) is 4.70. The average molecular weight is 321 g/mol. The maximum atomic E-state index is 12.3. The molecule has 0 saturated carbocycles. The molecule has 1 saturated heterocycles. The molecule has 0 spiro atoms. The number of hydrogen-bond acceptors (Lipinski definition) is 3. The van der Waals surface area contributed by atoms with Crippen LogP contribution in [-0.4, -0.2) is 40.3 Å². The summed E-state index contributed by atoms with van der Waals surface area (Å²) in [6.07, 6.45) is 6.72. The fourth-order valence-corrected chi connectivity index (χ4v) is 2.96. The maximum Gasteiger partial charge on any atom is 0.279 e. The fraction of sp³-hybridized carbons (Fsp3) is 0.400. The third-order valence-electron chi connectivity index (χ3n) is 3.87. The number of carbonyl (C=O) groups excluding carboxylic acids is 1. The predicted octanol–water partition coefficient (Wildman–Crippen LogP) is 0.928. The number of likely N-dealkylation sites (tertiary alicyclic amines) is 1. The van der Waals surface area contributed by atoms with E-state index in [1.54, 1.807) is 23.1 Å². The van der Waals surface area contributed by atoms with Gasteiger partial charge in [-0.2, -0.15) is 5.10 Å². The zero-order chi connectivity index (χ0) is 15.4. The molecule has 1 amide bonds. The fourth-order valence-electron chi connectivity index (χ4n) is 2.79. The van der Waals surface area contributed by atoms with Crippen molar-refractivity contribution in [3.8, 4) is 5.69 Å². The van der Waals surface area contributed by atoms with Crippen LogP contribution in [0.15, 0.2) is 30.9 Å². The lowest BCUT2D eigenvalue weighted by atomic mass is 10.1. The van der Waals surface area contributed by atoms with E-state index in [9.17, 15) is 4.79 Å². The van der Waals surface area contributed by atoms with Gasteiger partial charge in [-0.3, -0.25) is 4.79 Å². The van der Waals surface area contributed by atoms with E-state index >= 15 is 0 Å². The van der Waals surface area contributed by atoms with Gasteiger partial charge in [-0.15, -0.1) is 0 Å². The lowest BCUT2D eigenvalue weighted by molar-refractivity contribution is -0.896. The molecule has 1 aromatic heterocycles. The number of aromatic nitrogens is 3. The molecule has 1 aromatic carbocycles. The Labute approximate surface area is 134 Å². The maximum absolute atomic E-state index is 12.3. The summed E-state index contributed by atoms with van der Waals surface area (Å²) >= 11 is 6.05. The zero-order valence-corrected chi connectivity index (χ0v) is 13.0. The number of piperidine rings is 1. The first kappa shape index (κ1) is 15.0. The molecule has 0 radical (unpaired) electrons. The van der Waals surface area contributed by atoms with Gasteiger partial charge in [0.1, 0.15) is 12.7 Å². The molecule has 7 heteroatoms. The second kappa shape index (κ2) is 6.89. The number of rotatable bonds is 4. The number of hydrogen-bond donors (Lipinski definition) is 2. The van der Waals surface area contributed by atoms with Crippen molar-refractivity contribution in [2.75, 3.05) is 25.0 Å². The molecule has 0 unspecified atom stereocenters. The summed E-state index contributed by atoms with van der Waals surface area (Å²) in [4.78, 5) is 17.6. The first-order chi connectivity index (χ1) is 10.7. The Hall–Kier alpha value is -1.92. The third-order valence-corrected chi connectivity index (χ3v) is 4.10. The van der Waals surface area contributed by atoms with Crippen LogP contribution >= 0.6 is 11.6 Å². The number of nitrogens with one attached hydrogen (secondary N) is 2. The van der Waals surface area contributed by atoms with Crippen LogP contribution in [0, 0.1) is 0 Å². The largest absolute Gasteiger partial charge is 0.327 e. The predicted molar refractivity (Wildman–Crippen MR) is 84.4 cm³/mol. The highest BCUT2D eigenvalue weighted by Crippen LogP contribution is 2.23. The van der Waals surface area contributed by atoms with Crippen molar-refractivity contribution in [3.63, 3.8) is 0 Å². The van der Waals surface area contributed by atoms with Gasteiger partial charge in [-0.25, -0.2) is 9.67 Å². The number of benzene rings is 1. The van der Waals surface area contributed by atoms with E-state index in [0.29, 0.717) is 17.3 Å². The summed E-state index contributed by atoms with van der Waals surface area (Å²) in [5.74, 6) is 0.000493. The van der Waals surface area contributed by atoms with Gasteiger partial charge in [-0.1, -0.05) is 11.6 Å². The standard InChI is InChI=1S/C15H18ClN5O/c16-12-4-5-14(21-11-17-10-18-21)13(8-12)19-15(22)9-20-6-2-1-3-7-20/h4-5,8,10-11H,1-3,6-7,9H2,(H,19,22)/p+1. The Bertz CT molecular complexity index is 637. The molecule has 1 fully saturated rings. The Morgan fingerprint density at radius 2 is 2.14 bits per heavy atom. The van der Waals surface area contributed by atoms with Crippen LogP contribution in [0.2, 0.25) is 5.02 Å². The van der Waals surface area contributed by atoms with Crippen molar-refractivity contribution >= 4 is 23.2 Å². The second-order valence-electron chi connectivity index (χ2n) is 5.54. The molecule has 2 aromatic rings. The quantitative estimate of drug-likeness (QED) is 0.881. The molecule has 0 atom stereocenters. The van der Waals surface area contributed by atoms with Crippen molar-refractivity contribution < 1.29 is 9.69 Å². The number of anilines is 1. The highest BCUT2D eigenvalue weighted by molar-refractivity contribution is 6.31. The monoisotopic (exact) mass is 320 g/mol. The smallest absolute Gasteiger partial charge is 0.279 e. The van der Waals surface area contributed by atoms with Gasteiger partial charge in [0.15, 0.2) is 6.54 Å². The second-order valence-corrected chi connectivity index (χ2v) is 5.97. The molecular formula is C15H19ClN5O+. The van der Waals surface area contributed by atoms with Crippen molar-refractivity contribution in [2.45, 2.75) is 19.3 Å². The summed E-state index contributed by atoms with van der Waals surface area (Å²) < 4.78 is 1.61. The topological polar surface area (TPSA) is 64.2 Å². The van der Waals surface area contributed by atoms with E-state index in [2.05, 4.69) is 15.4 Å². The Morgan fingerprint density at radius 3 is 2.86 bits per heavy atom. The van der Waals surface area contributed by atoms with Crippen LogP contribution in [-0.2, 0) is 4.79 Å². The molecule has 116 valence electrons. The van der Waals surface area contributed by atoms with Crippen molar-refractivity contribution in [1.29, 1.82) is 0 Å². The number of quaternary nitrogens is 1. The van der Waals surface area contributed by atoms with Crippen molar-refractivity contribution in [3.05, 3.63) is 35.9 Å². The molecule has 6 nitrogen and oxygen atoms in total. The molecule has 22 heavy (non-hydrogen) atoms. The summed E-state index contributed by atoms with van der Waals surface area (Å²) in [7, 11) is 0. The lowest BCUT2D eigenvalue weighted by Gasteiger charge is -2.23. The van der Waals surface area contributed by atoms with E-state index in [1.165, 1.54) is 30.5 Å². The van der Waals surface area contributed by atoms with Gasteiger partial charge < -0.3 is 10.2 Å². The summed E-state index contributed by atoms with van der Waals surface area (Å²) in [5, 5.41) is 7.63. The molecule has 2 N–H and O–H groups in total. The lowest BCUT2D eigenvalue weighted by Crippen LogP contribution is -3.13. The van der Waals surface area contributed by atoms with Crippen molar-refractivity contribution in [1.82, 2.24) is 14.8 Å². The minimum Gasteiger partial charge on any atom is -0.327 e. The summed E-state index contributed by atoms with van der Waals surface area (Å²) in [5.41, 5.74) is 1.41. The Morgan fingerprint density at radius 1 is 1.32 bits per heavy atom. The van der Waals surface area contributed by atoms with E-state index in [0.717, 1.165) is 18.8 Å². The molecule has 2 heterocycles. The van der Waals surface area contributed by atoms with Crippen LogP contribution in [0.4, 0.5) is 5.69 Å². The minimum atomic E-state index is 0.000493. The average Bonchev–Trinajstić information content (AvgIpc) is 3.02. The first-order valence-corrected chi connectivity index (χ1v) is 7.88. The number of amides is 1. The zero-order valence-electron chi connectivity index (χ0n) is 12.3. The minimum absolute atomic E-state index is 0.000493. The van der Waals surface area contributed by atoms with E-state index in [1.807, 2.05) is 6.07 Å². The highest BCUT2D eigenvalue weighted by Gasteiger charge is 2.18. The molecule has 3 rings (SSSR count). The van der Waals surface area contributed by atoms with Crippen molar-refractivity contribution in [2.24, 2.45) is 0 Å². The van der Waals surface area contributed by atoms with Gasteiger partial charge in [0.25, 0.3) is 5.91 Å². The van der Waals surface area contributed by atoms with Gasteiger partial charge in [0, 0.05) is 5.02 Å². The van der Waals surface area contributed by atoms with Gasteiger partial charge in [0.05, 0.1) is 24.5 Å². The normalized spacial score (nSPS) is 15.7. The Balaban J connectivity index is 1.73. The number of halogens is 1. The van der Waals surface area contributed by atoms with Crippen LogP contribution in [0.5, 0.6) is 0 Å². The third kappa shape index (κ3) is 3.64. The number of carbonyl (C=O) groups is 1. The van der Waals surface area contributed by atoms with Gasteiger partial charge >= 0.3 is 0 Å². The molecule has 1 aliphatic heterocycles. The van der Waals surface area contributed by atoms with Crippen LogP contribution in [0.25, 0.3) is 5.69 Å². The first-order valence-electron chi connectivity index (χ1n) is 7.50. The molecule has 0 aliphatic carbocycles. The highest BCUT2D eigenvalue weighted by atomic mass is 35.5.